The Morgan fingerprint density at radius 3 is 2.00 bits per heavy atom. The Labute approximate surface area is 205 Å². The third-order valence-corrected chi connectivity index (χ3v) is 5.44. The van der Waals surface area contributed by atoms with E-state index in [0.717, 1.165) is 16.7 Å². The van der Waals surface area contributed by atoms with Crippen LogP contribution in [0, 0.1) is 13.8 Å². The summed E-state index contributed by atoms with van der Waals surface area (Å²) < 4.78 is 5.53. The summed E-state index contributed by atoms with van der Waals surface area (Å²) in [6.07, 6.45) is 0. The number of hydrazine groups is 1. The lowest BCUT2D eigenvalue weighted by molar-refractivity contribution is -0.123. The lowest BCUT2D eigenvalue weighted by atomic mass is 9.87. The predicted octanol–water partition coefficient (Wildman–Crippen LogP) is 4.69. The van der Waals surface area contributed by atoms with E-state index in [0.29, 0.717) is 22.6 Å². The van der Waals surface area contributed by atoms with Crippen molar-refractivity contribution in [2.24, 2.45) is 0 Å². The number of hydrogen-bond acceptors (Lipinski definition) is 4. The van der Waals surface area contributed by atoms with Crippen molar-refractivity contribution in [3.8, 4) is 5.75 Å². The first-order chi connectivity index (χ1) is 16.5. The fraction of sp³-hybridized carbons (Fsp3) is 0.250. The molecule has 0 aliphatic heterocycles. The smallest absolute Gasteiger partial charge is 0.276 e. The van der Waals surface area contributed by atoms with Crippen LogP contribution in [0.25, 0.3) is 0 Å². The van der Waals surface area contributed by atoms with Gasteiger partial charge in [0, 0.05) is 16.8 Å². The normalized spacial score (nSPS) is 10.9. The summed E-state index contributed by atoms with van der Waals surface area (Å²) in [7, 11) is 0. The monoisotopic (exact) mass is 473 g/mol. The van der Waals surface area contributed by atoms with Gasteiger partial charge < -0.3 is 10.1 Å². The molecule has 182 valence electrons. The van der Waals surface area contributed by atoms with Crippen LogP contribution in [0.3, 0.4) is 0 Å². The predicted molar refractivity (Wildman–Crippen MR) is 137 cm³/mol. The van der Waals surface area contributed by atoms with Gasteiger partial charge in [-0.1, -0.05) is 45.0 Å². The van der Waals surface area contributed by atoms with Crippen molar-refractivity contribution in [1.82, 2.24) is 10.9 Å². The molecule has 7 nitrogen and oxygen atoms in total. The van der Waals surface area contributed by atoms with Crippen LogP contribution in [0.2, 0.25) is 0 Å². The molecule has 0 heterocycles. The minimum Gasteiger partial charge on any atom is -0.483 e. The molecule has 0 radical (unpaired) electrons. The zero-order valence-electron chi connectivity index (χ0n) is 20.7. The van der Waals surface area contributed by atoms with Gasteiger partial charge in [-0.05, 0) is 78.4 Å². The van der Waals surface area contributed by atoms with Crippen molar-refractivity contribution in [3.63, 3.8) is 0 Å². The van der Waals surface area contributed by atoms with E-state index in [4.69, 9.17) is 4.74 Å². The molecule has 0 saturated heterocycles. The van der Waals surface area contributed by atoms with Gasteiger partial charge in [0.15, 0.2) is 6.61 Å². The third kappa shape index (κ3) is 7.17. The van der Waals surface area contributed by atoms with Crippen LogP contribution in [0.4, 0.5) is 5.69 Å². The summed E-state index contributed by atoms with van der Waals surface area (Å²) in [5, 5.41) is 2.82. The molecule has 0 spiro atoms. The van der Waals surface area contributed by atoms with Crippen molar-refractivity contribution >= 4 is 23.4 Å². The summed E-state index contributed by atoms with van der Waals surface area (Å²) in [6, 6.07) is 19.6. The molecule has 0 aliphatic rings. The van der Waals surface area contributed by atoms with E-state index >= 15 is 0 Å². The molecule has 3 rings (SSSR count). The summed E-state index contributed by atoms with van der Waals surface area (Å²) in [6.45, 7) is 9.95. The molecule has 0 unspecified atom stereocenters. The van der Waals surface area contributed by atoms with Crippen molar-refractivity contribution < 1.29 is 19.1 Å². The number of ether oxygens (including phenoxy) is 1. The van der Waals surface area contributed by atoms with Gasteiger partial charge in [0.25, 0.3) is 17.7 Å². The SMILES string of the molecule is Cc1ccc(C)c(OCC(=O)NNC(=O)c2ccc(NC(=O)c3ccc(C(C)(C)C)cc3)cc2)c1. The largest absolute Gasteiger partial charge is 0.483 e. The Balaban J connectivity index is 1.49. The van der Waals surface area contributed by atoms with Crippen LogP contribution in [-0.2, 0) is 10.2 Å². The quantitative estimate of drug-likeness (QED) is 0.453. The zero-order valence-corrected chi connectivity index (χ0v) is 20.7. The van der Waals surface area contributed by atoms with Gasteiger partial charge in [0.05, 0.1) is 0 Å². The molecular formula is C28H31N3O4. The van der Waals surface area contributed by atoms with Crippen LogP contribution >= 0.6 is 0 Å². The summed E-state index contributed by atoms with van der Waals surface area (Å²) >= 11 is 0. The van der Waals surface area contributed by atoms with E-state index in [1.54, 1.807) is 36.4 Å². The van der Waals surface area contributed by atoms with Crippen molar-refractivity contribution in [2.45, 2.75) is 40.0 Å². The Kier molecular flexibility index (Phi) is 7.91. The molecule has 3 aromatic carbocycles. The highest BCUT2D eigenvalue weighted by Gasteiger charge is 2.15. The Morgan fingerprint density at radius 2 is 1.37 bits per heavy atom. The number of aryl methyl sites for hydroxylation is 2. The van der Waals surface area contributed by atoms with Crippen LogP contribution in [0.15, 0.2) is 66.7 Å². The minimum absolute atomic E-state index is 0.0119. The maximum Gasteiger partial charge on any atom is 0.276 e. The second-order valence-corrected chi connectivity index (χ2v) is 9.42. The molecule has 7 heteroatoms. The van der Waals surface area contributed by atoms with Crippen LogP contribution in [0.1, 0.15) is 58.2 Å². The number of carbonyl (C=O) groups excluding carboxylic acids is 3. The van der Waals surface area contributed by atoms with Gasteiger partial charge in [-0.2, -0.15) is 0 Å². The van der Waals surface area contributed by atoms with Crippen LogP contribution < -0.4 is 20.9 Å². The molecule has 0 aromatic heterocycles. The summed E-state index contributed by atoms with van der Waals surface area (Å²) in [4.78, 5) is 36.9. The number of nitrogens with one attached hydrogen (secondary N) is 3. The number of carbonyl (C=O) groups is 3. The molecular weight excluding hydrogens is 442 g/mol. The van der Waals surface area contributed by atoms with Gasteiger partial charge >= 0.3 is 0 Å². The average molecular weight is 474 g/mol. The van der Waals surface area contributed by atoms with E-state index in [1.165, 1.54) is 0 Å². The fourth-order valence-electron chi connectivity index (χ4n) is 3.27. The molecule has 3 amide bonds. The highest BCUT2D eigenvalue weighted by molar-refractivity contribution is 6.04. The number of rotatable bonds is 6. The maximum absolute atomic E-state index is 12.5. The Bertz CT molecular complexity index is 1210. The molecule has 35 heavy (non-hydrogen) atoms. The molecule has 0 atom stereocenters. The average Bonchev–Trinajstić information content (AvgIpc) is 2.83. The van der Waals surface area contributed by atoms with E-state index in [2.05, 4.69) is 36.9 Å². The molecule has 3 N–H and O–H groups in total. The minimum atomic E-state index is -0.486. The van der Waals surface area contributed by atoms with Crippen molar-refractivity contribution in [2.75, 3.05) is 11.9 Å². The molecule has 0 saturated carbocycles. The molecule has 0 aliphatic carbocycles. The van der Waals surface area contributed by atoms with Gasteiger partial charge in [0.1, 0.15) is 5.75 Å². The third-order valence-electron chi connectivity index (χ3n) is 5.44. The zero-order chi connectivity index (χ0) is 25.6. The summed E-state index contributed by atoms with van der Waals surface area (Å²) in [5.41, 5.74) is 9.22. The van der Waals surface area contributed by atoms with E-state index < -0.39 is 11.8 Å². The van der Waals surface area contributed by atoms with Gasteiger partial charge in [-0.25, -0.2) is 0 Å². The first kappa shape index (κ1) is 25.5. The number of anilines is 1. The number of amides is 3. The summed E-state index contributed by atoms with van der Waals surface area (Å²) in [5.74, 6) is -0.589. The lowest BCUT2D eigenvalue weighted by Gasteiger charge is -2.19. The van der Waals surface area contributed by atoms with E-state index in [-0.39, 0.29) is 17.9 Å². The standard InChI is InChI=1S/C28H31N3O4/c1-18-6-7-19(2)24(16-18)35-17-25(32)30-31-27(34)21-10-14-23(15-11-21)29-26(33)20-8-12-22(13-9-20)28(3,4)5/h6-16H,17H2,1-5H3,(H,29,33)(H,30,32)(H,31,34). The van der Waals surface area contributed by atoms with Gasteiger partial charge in [0.2, 0.25) is 0 Å². The van der Waals surface area contributed by atoms with Gasteiger partial charge in [-0.15, -0.1) is 0 Å². The van der Waals surface area contributed by atoms with Gasteiger partial charge in [-0.3, -0.25) is 25.2 Å². The lowest BCUT2D eigenvalue weighted by Crippen LogP contribution is -2.43. The topological polar surface area (TPSA) is 96.5 Å². The van der Waals surface area contributed by atoms with Crippen molar-refractivity contribution in [3.05, 3.63) is 94.5 Å². The Hall–Kier alpha value is -4.13. The fourth-order valence-corrected chi connectivity index (χ4v) is 3.27. The molecule has 0 fully saturated rings. The second kappa shape index (κ2) is 10.9. The number of hydrogen-bond donors (Lipinski definition) is 3. The maximum atomic E-state index is 12.5. The first-order valence-corrected chi connectivity index (χ1v) is 11.3. The molecule has 3 aromatic rings. The van der Waals surface area contributed by atoms with Crippen LogP contribution in [0.5, 0.6) is 5.75 Å². The second-order valence-electron chi connectivity index (χ2n) is 9.42. The first-order valence-electron chi connectivity index (χ1n) is 11.3. The highest BCUT2D eigenvalue weighted by atomic mass is 16.5. The Morgan fingerprint density at radius 1 is 0.771 bits per heavy atom. The van der Waals surface area contributed by atoms with Crippen molar-refractivity contribution in [1.29, 1.82) is 0 Å². The van der Waals surface area contributed by atoms with Crippen LogP contribution in [-0.4, -0.2) is 24.3 Å². The molecule has 0 bridgehead atoms. The highest BCUT2D eigenvalue weighted by Crippen LogP contribution is 2.22. The number of benzene rings is 3. The van der Waals surface area contributed by atoms with E-state index in [1.807, 2.05) is 44.2 Å². The van der Waals surface area contributed by atoms with E-state index in [9.17, 15) is 14.4 Å².